The van der Waals surface area contributed by atoms with Gasteiger partial charge in [-0.25, -0.2) is 4.98 Å². The molecule has 2 aromatic rings. The van der Waals surface area contributed by atoms with Crippen molar-refractivity contribution in [1.82, 2.24) is 25.5 Å². The van der Waals surface area contributed by atoms with E-state index in [-0.39, 0.29) is 17.5 Å². The van der Waals surface area contributed by atoms with E-state index in [1.165, 1.54) is 18.6 Å². The van der Waals surface area contributed by atoms with E-state index in [0.29, 0.717) is 32.0 Å². The van der Waals surface area contributed by atoms with Crippen LogP contribution in [0.4, 0.5) is 0 Å². The van der Waals surface area contributed by atoms with Crippen LogP contribution in [0, 0.1) is 5.92 Å². The molecule has 2 atom stereocenters. The van der Waals surface area contributed by atoms with E-state index >= 15 is 0 Å². The summed E-state index contributed by atoms with van der Waals surface area (Å²) in [6.07, 6.45) is 9.34. The van der Waals surface area contributed by atoms with Gasteiger partial charge in [-0.05, 0) is 63.7 Å². The molecule has 1 aliphatic rings. The summed E-state index contributed by atoms with van der Waals surface area (Å²) >= 11 is 0. The third kappa shape index (κ3) is 10.5. The van der Waals surface area contributed by atoms with Crippen LogP contribution in [0.3, 0.4) is 0 Å². The molecular formula is C28H42BN5O4. The summed E-state index contributed by atoms with van der Waals surface area (Å²) in [6, 6.07) is 8.84. The van der Waals surface area contributed by atoms with Crippen molar-refractivity contribution in [2.24, 2.45) is 5.92 Å². The number of hydrogen-bond acceptors (Lipinski definition) is 7. The molecule has 2 N–H and O–H groups in total. The van der Waals surface area contributed by atoms with Crippen LogP contribution in [-0.2, 0) is 20.5 Å². The summed E-state index contributed by atoms with van der Waals surface area (Å²) in [4.78, 5) is 37.0. The molecule has 1 aromatic carbocycles. The van der Waals surface area contributed by atoms with E-state index in [1.54, 1.807) is 0 Å². The molecule has 0 spiro atoms. The smallest absolute Gasteiger partial charge is 0.410 e. The molecule has 1 saturated heterocycles. The lowest BCUT2D eigenvalue weighted by Crippen LogP contribution is -2.56. The van der Waals surface area contributed by atoms with Crippen molar-refractivity contribution in [1.29, 1.82) is 0 Å². The number of hydrogen-bond donors (Lipinski definition) is 2. The maximum Gasteiger partial charge on any atom is 0.480 e. The minimum Gasteiger partial charge on any atom is -0.410 e. The van der Waals surface area contributed by atoms with Crippen LogP contribution < -0.4 is 10.6 Å². The number of rotatable bonds is 9. The third-order valence-corrected chi connectivity index (χ3v) is 6.51. The van der Waals surface area contributed by atoms with Gasteiger partial charge in [0.1, 0.15) is 11.7 Å². The highest BCUT2D eigenvalue weighted by atomic mass is 16.6. The van der Waals surface area contributed by atoms with Gasteiger partial charge in [0.15, 0.2) is 0 Å². The lowest BCUT2D eigenvalue weighted by Gasteiger charge is -2.29. The second-order valence-corrected chi connectivity index (χ2v) is 10.4. The van der Waals surface area contributed by atoms with E-state index < -0.39 is 19.1 Å². The molecule has 0 aliphatic carbocycles. The fraction of sp³-hybridized carbons (Fsp3) is 0.571. The van der Waals surface area contributed by atoms with Gasteiger partial charge in [0.25, 0.3) is 5.91 Å². The van der Waals surface area contributed by atoms with Crippen LogP contribution in [0.5, 0.6) is 0 Å². The molecule has 3 rings (SSSR count). The van der Waals surface area contributed by atoms with E-state index in [0.717, 1.165) is 44.3 Å². The Morgan fingerprint density at radius 2 is 1.68 bits per heavy atom. The largest absolute Gasteiger partial charge is 0.480 e. The molecule has 10 heteroatoms. The van der Waals surface area contributed by atoms with Gasteiger partial charge in [-0.2, -0.15) is 0 Å². The average Bonchev–Trinajstić information content (AvgIpc) is 2.90. The molecule has 0 bridgehead atoms. The highest BCUT2D eigenvalue weighted by Crippen LogP contribution is 2.14. The van der Waals surface area contributed by atoms with Crippen molar-refractivity contribution in [3.8, 4) is 0 Å². The lowest BCUT2D eigenvalue weighted by molar-refractivity contribution is -0.123. The molecule has 2 heterocycles. The Bertz CT molecular complexity index is 952. The Kier molecular flexibility index (Phi) is 12.7. The summed E-state index contributed by atoms with van der Waals surface area (Å²) in [5.74, 6) is -0.765. The zero-order valence-electron chi connectivity index (χ0n) is 23.0. The van der Waals surface area contributed by atoms with Crippen LogP contribution in [0.25, 0.3) is 0 Å². The van der Waals surface area contributed by atoms with Crippen LogP contribution in [-0.4, -0.2) is 79.1 Å². The third-order valence-electron chi connectivity index (χ3n) is 6.51. The van der Waals surface area contributed by atoms with Crippen molar-refractivity contribution >= 4 is 18.9 Å². The summed E-state index contributed by atoms with van der Waals surface area (Å²) < 4.78 is 12.4. The molecule has 0 unspecified atom stereocenters. The number of benzene rings is 1. The van der Waals surface area contributed by atoms with Crippen molar-refractivity contribution < 1.29 is 18.9 Å². The molecule has 1 aromatic heterocycles. The summed E-state index contributed by atoms with van der Waals surface area (Å²) in [7, 11) is 1.60. The van der Waals surface area contributed by atoms with Gasteiger partial charge in [-0.3, -0.25) is 14.6 Å². The summed E-state index contributed by atoms with van der Waals surface area (Å²) in [6.45, 7) is 7.46. The molecule has 9 nitrogen and oxygen atoms in total. The van der Waals surface area contributed by atoms with Gasteiger partial charge < -0.3 is 24.8 Å². The molecule has 0 radical (unpaired) electrons. The first-order valence-corrected chi connectivity index (χ1v) is 13.7. The van der Waals surface area contributed by atoms with E-state index in [9.17, 15) is 9.59 Å². The van der Waals surface area contributed by atoms with Gasteiger partial charge in [0.2, 0.25) is 5.91 Å². The molecule has 2 amide bonds. The molecule has 0 saturated carbocycles. The minimum atomic E-state index is -0.802. The first kappa shape index (κ1) is 29.7. The average molecular weight is 523 g/mol. The molecule has 206 valence electrons. The first-order chi connectivity index (χ1) is 18.4. The molecule has 38 heavy (non-hydrogen) atoms. The van der Waals surface area contributed by atoms with Gasteiger partial charge >= 0.3 is 7.12 Å². The SMILES string of the molecule is CC(C)C[C@@H](NC(=O)[C@@H](Cc1ccccc1)NC(=O)c1cnccn1)B1OCCCCN(C)CCCCO1. The topological polar surface area (TPSA) is 106 Å². The van der Waals surface area contributed by atoms with Crippen LogP contribution in [0.1, 0.15) is 62.0 Å². The monoisotopic (exact) mass is 523 g/mol. The maximum absolute atomic E-state index is 13.7. The first-order valence-electron chi connectivity index (χ1n) is 13.7. The van der Waals surface area contributed by atoms with Crippen molar-refractivity contribution in [3.63, 3.8) is 0 Å². The standard InChI is InChI=1S/C28H42BN5O4/c1-22(2)19-26(29-37-17-9-7-15-34(3)16-8-10-18-38-29)33-27(35)24(20-23-11-5-4-6-12-23)32-28(36)25-21-30-13-14-31-25/h4-6,11-14,21-22,24,26H,7-10,15-20H2,1-3H3,(H,32,36)(H,33,35)/t24-,26-/m1/s1. The molecule has 1 aliphatic heterocycles. The quantitative estimate of drug-likeness (QED) is 0.487. The Morgan fingerprint density at radius 3 is 2.29 bits per heavy atom. The van der Waals surface area contributed by atoms with Crippen molar-refractivity contribution in [3.05, 3.63) is 60.2 Å². The zero-order chi connectivity index (χ0) is 27.2. The number of nitrogens with zero attached hydrogens (tertiary/aromatic N) is 3. The fourth-order valence-electron chi connectivity index (χ4n) is 4.50. The maximum atomic E-state index is 13.7. The van der Waals surface area contributed by atoms with Gasteiger partial charge in [-0.15, -0.1) is 0 Å². The Morgan fingerprint density at radius 1 is 1.00 bits per heavy atom. The van der Waals surface area contributed by atoms with E-state index in [2.05, 4.69) is 46.4 Å². The second kappa shape index (κ2) is 16.2. The minimum absolute atomic E-state index is 0.161. The Hall–Kier alpha value is -2.82. The van der Waals surface area contributed by atoms with Crippen LogP contribution >= 0.6 is 0 Å². The van der Waals surface area contributed by atoms with E-state index in [1.807, 2.05) is 30.3 Å². The highest BCUT2D eigenvalue weighted by Gasteiger charge is 2.34. The number of carbonyl (C=O) groups is 2. The van der Waals surface area contributed by atoms with Crippen LogP contribution in [0.15, 0.2) is 48.9 Å². The number of nitrogens with one attached hydrogen (secondary N) is 2. The number of amides is 2. The molecule has 1 fully saturated rings. The summed E-state index contributed by atoms with van der Waals surface area (Å²) in [5.41, 5.74) is 1.10. The van der Waals surface area contributed by atoms with Gasteiger partial charge in [-0.1, -0.05) is 44.2 Å². The predicted octanol–water partition coefficient (Wildman–Crippen LogP) is 2.92. The number of carbonyl (C=O) groups excluding carboxylic acids is 2. The second-order valence-electron chi connectivity index (χ2n) is 10.4. The predicted molar refractivity (Wildman–Crippen MR) is 148 cm³/mol. The Labute approximate surface area is 227 Å². The summed E-state index contributed by atoms with van der Waals surface area (Å²) in [5, 5.41) is 6.03. The van der Waals surface area contributed by atoms with Crippen molar-refractivity contribution in [2.75, 3.05) is 33.4 Å². The molecular weight excluding hydrogens is 481 g/mol. The number of aromatic nitrogens is 2. The van der Waals surface area contributed by atoms with Crippen LogP contribution in [0.2, 0.25) is 0 Å². The van der Waals surface area contributed by atoms with Crippen molar-refractivity contribution in [2.45, 2.75) is 64.4 Å². The normalized spacial score (nSPS) is 17.6. The van der Waals surface area contributed by atoms with E-state index in [4.69, 9.17) is 9.31 Å². The fourth-order valence-corrected chi connectivity index (χ4v) is 4.50. The lowest BCUT2D eigenvalue weighted by atomic mass is 9.73. The van der Waals surface area contributed by atoms with Gasteiger partial charge in [0, 0.05) is 32.0 Å². The Balaban J connectivity index is 1.74. The highest BCUT2D eigenvalue weighted by molar-refractivity contribution is 6.47. The zero-order valence-corrected chi connectivity index (χ0v) is 23.0. The van der Waals surface area contributed by atoms with Gasteiger partial charge in [0.05, 0.1) is 12.1 Å².